The molecule has 0 bridgehead atoms. The van der Waals surface area contributed by atoms with Crippen LogP contribution in [0.3, 0.4) is 0 Å². The number of carbonyl (C=O) groups excluding carboxylic acids is 3. The standard InChI is InChI=1S/C20H27NO3/c1-20(2,3)18(23)19(24)21-14-8-12-16(21)17(22)13-7-11-15-9-5-4-6-10-15/h4-6,9-10,16H,7-8,11-14H2,1-3H3/t16-/m0/s1. The van der Waals surface area contributed by atoms with Gasteiger partial charge in [0.2, 0.25) is 5.78 Å². The molecule has 0 radical (unpaired) electrons. The Morgan fingerprint density at radius 1 is 1.12 bits per heavy atom. The van der Waals surface area contributed by atoms with Crippen LogP contribution in [0.2, 0.25) is 0 Å². The second-order valence-corrected chi connectivity index (χ2v) is 7.54. The molecule has 1 heterocycles. The van der Waals surface area contributed by atoms with Crippen molar-refractivity contribution >= 4 is 17.5 Å². The van der Waals surface area contributed by atoms with Crippen molar-refractivity contribution in [1.82, 2.24) is 4.90 Å². The number of amides is 1. The molecule has 0 spiro atoms. The van der Waals surface area contributed by atoms with Gasteiger partial charge in [0.25, 0.3) is 5.91 Å². The Morgan fingerprint density at radius 2 is 1.79 bits per heavy atom. The van der Waals surface area contributed by atoms with Crippen molar-refractivity contribution in [3.8, 4) is 0 Å². The topological polar surface area (TPSA) is 54.5 Å². The van der Waals surface area contributed by atoms with Gasteiger partial charge in [-0.05, 0) is 31.2 Å². The summed E-state index contributed by atoms with van der Waals surface area (Å²) in [6, 6.07) is 9.65. The van der Waals surface area contributed by atoms with E-state index in [4.69, 9.17) is 0 Å². The molecule has 0 aliphatic carbocycles. The third-order valence-electron chi connectivity index (χ3n) is 4.49. The largest absolute Gasteiger partial charge is 0.326 e. The van der Waals surface area contributed by atoms with E-state index >= 15 is 0 Å². The lowest BCUT2D eigenvalue weighted by Gasteiger charge is -2.26. The molecule has 1 amide bonds. The number of hydrogen-bond acceptors (Lipinski definition) is 3. The van der Waals surface area contributed by atoms with Gasteiger partial charge in [-0.1, -0.05) is 51.1 Å². The van der Waals surface area contributed by atoms with Gasteiger partial charge in [-0.25, -0.2) is 0 Å². The highest BCUT2D eigenvalue weighted by molar-refractivity contribution is 6.38. The van der Waals surface area contributed by atoms with Crippen LogP contribution in [-0.2, 0) is 20.8 Å². The van der Waals surface area contributed by atoms with E-state index in [2.05, 4.69) is 12.1 Å². The zero-order chi connectivity index (χ0) is 17.7. The maximum absolute atomic E-state index is 12.5. The summed E-state index contributed by atoms with van der Waals surface area (Å²) in [5, 5.41) is 0. The Kier molecular flexibility index (Phi) is 5.92. The fourth-order valence-corrected chi connectivity index (χ4v) is 3.07. The number of rotatable bonds is 6. The summed E-state index contributed by atoms with van der Waals surface area (Å²) in [5.41, 5.74) is 0.508. The van der Waals surface area contributed by atoms with Crippen LogP contribution in [-0.4, -0.2) is 35.0 Å². The maximum atomic E-state index is 12.5. The van der Waals surface area contributed by atoms with E-state index in [1.165, 1.54) is 10.5 Å². The Bertz CT molecular complexity index is 601. The van der Waals surface area contributed by atoms with E-state index < -0.39 is 23.1 Å². The molecule has 0 saturated carbocycles. The number of ketones is 2. The van der Waals surface area contributed by atoms with E-state index in [9.17, 15) is 14.4 Å². The Morgan fingerprint density at radius 3 is 2.42 bits per heavy atom. The summed E-state index contributed by atoms with van der Waals surface area (Å²) in [6.07, 6.45) is 3.54. The molecule has 0 unspecified atom stereocenters. The first-order valence-corrected chi connectivity index (χ1v) is 8.73. The van der Waals surface area contributed by atoms with Crippen molar-refractivity contribution in [2.45, 2.75) is 58.9 Å². The van der Waals surface area contributed by atoms with Crippen molar-refractivity contribution in [2.75, 3.05) is 6.54 Å². The molecule has 1 aromatic carbocycles. The van der Waals surface area contributed by atoms with E-state index in [1.54, 1.807) is 20.8 Å². The highest BCUT2D eigenvalue weighted by Crippen LogP contribution is 2.24. The summed E-state index contributed by atoms with van der Waals surface area (Å²) < 4.78 is 0. The lowest BCUT2D eigenvalue weighted by Crippen LogP contribution is -2.47. The number of benzene rings is 1. The molecule has 1 aliphatic rings. The maximum Gasteiger partial charge on any atom is 0.291 e. The second-order valence-electron chi connectivity index (χ2n) is 7.54. The van der Waals surface area contributed by atoms with Gasteiger partial charge in [0, 0.05) is 18.4 Å². The number of hydrogen-bond donors (Lipinski definition) is 0. The number of carbonyl (C=O) groups is 3. The van der Waals surface area contributed by atoms with Crippen LogP contribution in [0.4, 0.5) is 0 Å². The quantitative estimate of drug-likeness (QED) is 0.753. The van der Waals surface area contributed by atoms with Gasteiger partial charge in [0.1, 0.15) is 0 Å². The summed E-state index contributed by atoms with van der Waals surface area (Å²) in [5.74, 6) is -0.827. The number of aryl methyl sites for hydroxylation is 1. The van der Waals surface area contributed by atoms with E-state index in [0.717, 1.165) is 19.3 Å². The third kappa shape index (κ3) is 4.53. The Balaban J connectivity index is 1.91. The fourth-order valence-electron chi connectivity index (χ4n) is 3.07. The van der Waals surface area contributed by atoms with Gasteiger partial charge >= 0.3 is 0 Å². The first kappa shape index (κ1) is 18.4. The van der Waals surface area contributed by atoms with Crippen molar-refractivity contribution < 1.29 is 14.4 Å². The van der Waals surface area contributed by atoms with Crippen molar-refractivity contribution in [3.05, 3.63) is 35.9 Å². The molecular weight excluding hydrogens is 302 g/mol. The van der Waals surface area contributed by atoms with Crippen LogP contribution < -0.4 is 0 Å². The molecule has 0 aromatic heterocycles. The molecule has 1 aliphatic heterocycles. The highest BCUT2D eigenvalue weighted by Gasteiger charge is 2.39. The van der Waals surface area contributed by atoms with Gasteiger partial charge in [-0.3, -0.25) is 14.4 Å². The first-order valence-electron chi connectivity index (χ1n) is 8.73. The van der Waals surface area contributed by atoms with E-state index in [1.807, 2.05) is 18.2 Å². The van der Waals surface area contributed by atoms with Crippen molar-refractivity contribution in [1.29, 1.82) is 0 Å². The summed E-state index contributed by atoms with van der Waals surface area (Å²) in [6.45, 7) is 5.72. The van der Waals surface area contributed by atoms with Crippen LogP contribution in [0.5, 0.6) is 0 Å². The first-order chi connectivity index (χ1) is 11.3. The van der Waals surface area contributed by atoms with Gasteiger partial charge in [0.15, 0.2) is 5.78 Å². The summed E-state index contributed by atoms with van der Waals surface area (Å²) >= 11 is 0. The van der Waals surface area contributed by atoms with E-state index in [0.29, 0.717) is 19.4 Å². The van der Waals surface area contributed by atoms with Crippen LogP contribution in [0.15, 0.2) is 30.3 Å². The van der Waals surface area contributed by atoms with Crippen LogP contribution in [0.25, 0.3) is 0 Å². The molecule has 1 atom stereocenters. The van der Waals surface area contributed by atoms with Gasteiger partial charge in [-0.2, -0.15) is 0 Å². The second kappa shape index (κ2) is 7.73. The lowest BCUT2D eigenvalue weighted by molar-refractivity contribution is -0.150. The SMILES string of the molecule is CC(C)(C)C(=O)C(=O)N1CCC[C@H]1C(=O)CCCc1ccccc1. The minimum absolute atomic E-state index is 0.0819. The monoisotopic (exact) mass is 329 g/mol. The third-order valence-corrected chi connectivity index (χ3v) is 4.49. The predicted molar refractivity (Wildman–Crippen MR) is 93.6 cm³/mol. The molecular formula is C20H27NO3. The number of nitrogens with zero attached hydrogens (tertiary/aromatic N) is 1. The number of Topliss-reactive ketones (excluding diaryl/α,β-unsaturated/α-hetero) is 2. The zero-order valence-corrected chi connectivity index (χ0v) is 14.9. The minimum Gasteiger partial charge on any atom is -0.326 e. The normalized spacial score (nSPS) is 17.8. The van der Waals surface area contributed by atoms with Crippen LogP contribution in [0, 0.1) is 5.41 Å². The molecule has 2 rings (SSSR count). The molecule has 4 nitrogen and oxygen atoms in total. The molecule has 24 heavy (non-hydrogen) atoms. The molecule has 1 aromatic rings. The molecule has 1 saturated heterocycles. The van der Waals surface area contributed by atoms with Crippen LogP contribution in [0.1, 0.15) is 52.0 Å². The van der Waals surface area contributed by atoms with Crippen LogP contribution >= 0.6 is 0 Å². The molecule has 0 N–H and O–H groups in total. The summed E-state index contributed by atoms with van der Waals surface area (Å²) in [4.78, 5) is 38.7. The average Bonchev–Trinajstić information content (AvgIpc) is 3.03. The van der Waals surface area contributed by atoms with Crippen molar-refractivity contribution in [3.63, 3.8) is 0 Å². The smallest absolute Gasteiger partial charge is 0.291 e. The van der Waals surface area contributed by atoms with Gasteiger partial charge < -0.3 is 4.90 Å². The van der Waals surface area contributed by atoms with E-state index in [-0.39, 0.29) is 5.78 Å². The van der Waals surface area contributed by atoms with Crippen molar-refractivity contribution in [2.24, 2.45) is 5.41 Å². The average molecular weight is 329 g/mol. The zero-order valence-electron chi connectivity index (χ0n) is 14.9. The highest BCUT2D eigenvalue weighted by atomic mass is 16.2. The fraction of sp³-hybridized carbons (Fsp3) is 0.550. The number of likely N-dealkylation sites (tertiary alicyclic amines) is 1. The summed E-state index contributed by atoms with van der Waals surface area (Å²) in [7, 11) is 0. The molecule has 130 valence electrons. The Hall–Kier alpha value is -1.97. The van der Waals surface area contributed by atoms with Gasteiger partial charge in [-0.15, -0.1) is 0 Å². The molecule has 1 fully saturated rings. The Labute approximate surface area is 144 Å². The molecule has 4 heteroatoms. The predicted octanol–water partition coefficient (Wildman–Crippen LogP) is 3.18. The minimum atomic E-state index is -0.708. The van der Waals surface area contributed by atoms with Gasteiger partial charge in [0.05, 0.1) is 6.04 Å². The lowest BCUT2D eigenvalue weighted by atomic mass is 9.89.